The molecule has 2 N–H and O–H groups in total. The maximum absolute atomic E-state index is 11.6. The molecule has 2 heterocycles. The smallest absolute Gasteiger partial charge is 0.222 e. The Morgan fingerprint density at radius 3 is 2.92 bits per heavy atom. The molecule has 0 bridgehead atoms. The third kappa shape index (κ3) is 5.78. The molecule has 134 valence electrons. The second kappa shape index (κ2) is 9.61. The molecule has 0 aromatic carbocycles. The molecule has 1 saturated heterocycles. The molecular formula is C17H29N5OS. The normalized spacial score (nSPS) is 15.4. The highest BCUT2D eigenvalue weighted by Crippen LogP contribution is 2.19. The van der Waals surface area contributed by atoms with Crippen LogP contribution in [0.25, 0.3) is 0 Å². The fourth-order valence-corrected chi connectivity index (χ4v) is 3.41. The molecule has 0 spiro atoms. The number of likely N-dealkylation sites (tertiary alicyclic amines) is 1. The van der Waals surface area contributed by atoms with Gasteiger partial charge in [0, 0.05) is 43.9 Å². The topological polar surface area (TPSA) is 69.6 Å². The van der Waals surface area contributed by atoms with Crippen molar-refractivity contribution in [2.24, 2.45) is 4.99 Å². The van der Waals surface area contributed by atoms with Crippen LogP contribution in [0.1, 0.15) is 56.7 Å². The van der Waals surface area contributed by atoms with Crippen LogP contribution >= 0.6 is 11.3 Å². The molecule has 2 rings (SSSR count). The van der Waals surface area contributed by atoms with Crippen LogP contribution in [-0.2, 0) is 11.3 Å². The zero-order chi connectivity index (χ0) is 17.4. The van der Waals surface area contributed by atoms with E-state index in [1.165, 1.54) is 0 Å². The highest BCUT2D eigenvalue weighted by Gasteiger charge is 2.18. The van der Waals surface area contributed by atoms with Crippen molar-refractivity contribution >= 4 is 23.2 Å². The molecule has 1 aromatic rings. The summed E-state index contributed by atoms with van der Waals surface area (Å²) in [6.07, 6.45) is 2.65. The zero-order valence-electron chi connectivity index (χ0n) is 15.0. The predicted molar refractivity (Wildman–Crippen MR) is 99.5 cm³/mol. The summed E-state index contributed by atoms with van der Waals surface area (Å²) in [7, 11) is 0. The van der Waals surface area contributed by atoms with Gasteiger partial charge in [-0.15, -0.1) is 11.3 Å². The third-order valence-corrected chi connectivity index (χ3v) is 5.07. The lowest BCUT2D eigenvalue weighted by Crippen LogP contribution is -2.39. The van der Waals surface area contributed by atoms with Crippen LogP contribution in [0.3, 0.4) is 0 Å². The summed E-state index contributed by atoms with van der Waals surface area (Å²) in [6.45, 7) is 10.3. The van der Waals surface area contributed by atoms with E-state index in [1.54, 1.807) is 11.3 Å². The number of hydrogen-bond acceptors (Lipinski definition) is 4. The number of carbonyl (C=O) groups excluding carboxylic acids is 1. The van der Waals surface area contributed by atoms with E-state index < -0.39 is 0 Å². The van der Waals surface area contributed by atoms with Crippen LogP contribution < -0.4 is 10.6 Å². The van der Waals surface area contributed by atoms with Crippen molar-refractivity contribution in [3.63, 3.8) is 0 Å². The van der Waals surface area contributed by atoms with Crippen LogP contribution in [0.4, 0.5) is 0 Å². The first kappa shape index (κ1) is 18.7. The van der Waals surface area contributed by atoms with E-state index in [-0.39, 0.29) is 0 Å². The van der Waals surface area contributed by atoms with Gasteiger partial charge >= 0.3 is 0 Å². The summed E-state index contributed by atoms with van der Waals surface area (Å²) in [4.78, 5) is 22.7. The molecule has 1 fully saturated rings. The lowest BCUT2D eigenvalue weighted by atomic mass is 10.2. The number of aliphatic imine (C=N–C) groups is 1. The number of hydrogen-bond donors (Lipinski definition) is 2. The quantitative estimate of drug-likeness (QED) is 0.428. The van der Waals surface area contributed by atoms with Gasteiger partial charge in [0.1, 0.15) is 0 Å². The lowest BCUT2D eigenvalue weighted by Gasteiger charge is -2.16. The minimum Gasteiger partial charge on any atom is -0.357 e. The molecule has 24 heavy (non-hydrogen) atoms. The average molecular weight is 352 g/mol. The lowest BCUT2D eigenvalue weighted by molar-refractivity contribution is -0.127. The largest absolute Gasteiger partial charge is 0.357 e. The van der Waals surface area contributed by atoms with Gasteiger partial charge in [-0.3, -0.25) is 4.79 Å². The molecular weight excluding hydrogens is 322 g/mol. The standard InChI is InChI=1S/C17H29N5OS/c1-4-18-17(19-8-6-10-22-9-5-7-15(22)23)20-11-14-12-24-16(21-14)13(2)3/h12-13H,4-11H2,1-3H3,(H2,18,19,20). The van der Waals surface area contributed by atoms with E-state index >= 15 is 0 Å². The van der Waals surface area contributed by atoms with Crippen molar-refractivity contribution in [3.05, 3.63) is 16.1 Å². The number of thiazole rings is 1. The molecule has 1 aliphatic rings. The molecule has 0 unspecified atom stereocenters. The average Bonchev–Trinajstić information content (AvgIpc) is 3.18. The molecule has 1 aliphatic heterocycles. The predicted octanol–water partition coefficient (Wildman–Crippen LogP) is 2.33. The number of rotatable bonds is 8. The number of aromatic nitrogens is 1. The molecule has 1 aromatic heterocycles. The van der Waals surface area contributed by atoms with Crippen LogP contribution in [-0.4, -0.2) is 47.9 Å². The first-order valence-electron chi connectivity index (χ1n) is 8.84. The van der Waals surface area contributed by atoms with Gasteiger partial charge in [-0.1, -0.05) is 13.8 Å². The minimum absolute atomic E-state index is 0.292. The SMILES string of the molecule is CCNC(=NCc1csc(C(C)C)n1)NCCCN1CCCC1=O. The maximum Gasteiger partial charge on any atom is 0.222 e. The Balaban J connectivity index is 1.76. The fourth-order valence-electron chi connectivity index (χ4n) is 2.58. The number of amides is 1. The molecule has 7 heteroatoms. The Kier molecular flexibility index (Phi) is 7.49. The van der Waals surface area contributed by atoms with Crippen molar-refractivity contribution in [1.29, 1.82) is 0 Å². The summed E-state index contributed by atoms with van der Waals surface area (Å²) in [6, 6.07) is 0. The molecule has 1 amide bonds. The Labute approximate surface area is 148 Å². The summed E-state index contributed by atoms with van der Waals surface area (Å²) >= 11 is 1.70. The molecule has 0 atom stereocenters. The third-order valence-electron chi connectivity index (χ3n) is 3.88. The Morgan fingerprint density at radius 1 is 1.46 bits per heavy atom. The number of nitrogens with zero attached hydrogens (tertiary/aromatic N) is 3. The first-order chi connectivity index (χ1) is 11.6. The van der Waals surface area contributed by atoms with E-state index in [0.29, 0.717) is 24.8 Å². The van der Waals surface area contributed by atoms with Crippen molar-refractivity contribution in [1.82, 2.24) is 20.5 Å². The van der Waals surface area contributed by atoms with Gasteiger partial charge in [0.2, 0.25) is 5.91 Å². The van der Waals surface area contributed by atoms with E-state index in [1.807, 2.05) is 4.90 Å². The summed E-state index contributed by atoms with van der Waals surface area (Å²) in [5, 5.41) is 9.83. The molecule has 0 saturated carbocycles. The minimum atomic E-state index is 0.292. The number of guanidine groups is 1. The molecule has 6 nitrogen and oxygen atoms in total. The van der Waals surface area contributed by atoms with Crippen LogP contribution in [0.2, 0.25) is 0 Å². The van der Waals surface area contributed by atoms with Crippen LogP contribution in [0, 0.1) is 0 Å². The highest BCUT2D eigenvalue weighted by atomic mass is 32.1. The van der Waals surface area contributed by atoms with Gasteiger partial charge in [-0.2, -0.15) is 0 Å². The van der Waals surface area contributed by atoms with E-state index in [9.17, 15) is 4.79 Å². The number of carbonyl (C=O) groups is 1. The van der Waals surface area contributed by atoms with Gasteiger partial charge in [0.25, 0.3) is 0 Å². The summed E-state index contributed by atoms with van der Waals surface area (Å²) in [5.41, 5.74) is 1.02. The van der Waals surface area contributed by atoms with Gasteiger partial charge in [0.15, 0.2) is 5.96 Å². The second-order valence-electron chi connectivity index (χ2n) is 6.29. The maximum atomic E-state index is 11.6. The fraction of sp³-hybridized carbons (Fsp3) is 0.706. The van der Waals surface area contributed by atoms with Gasteiger partial charge in [-0.05, 0) is 19.8 Å². The van der Waals surface area contributed by atoms with E-state index in [4.69, 9.17) is 0 Å². The monoisotopic (exact) mass is 351 g/mol. The van der Waals surface area contributed by atoms with E-state index in [2.05, 4.69) is 46.8 Å². The van der Waals surface area contributed by atoms with Crippen molar-refractivity contribution < 1.29 is 4.79 Å². The Hall–Kier alpha value is -1.63. The van der Waals surface area contributed by atoms with E-state index in [0.717, 1.165) is 55.7 Å². The Morgan fingerprint density at radius 2 is 2.29 bits per heavy atom. The van der Waals surface area contributed by atoms with Crippen molar-refractivity contribution in [2.75, 3.05) is 26.2 Å². The molecule has 0 aliphatic carbocycles. The second-order valence-corrected chi connectivity index (χ2v) is 7.18. The van der Waals surface area contributed by atoms with Crippen molar-refractivity contribution in [2.45, 2.75) is 52.5 Å². The number of nitrogens with one attached hydrogen (secondary N) is 2. The Bertz CT molecular complexity index is 555. The van der Waals surface area contributed by atoms with Gasteiger partial charge in [-0.25, -0.2) is 9.98 Å². The van der Waals surface area contributed by atoms with Crippen LogP contribution in [0.5, 0.6) is 0 Å². The summed E-state index contributed by atoms with van der Waals surface area (Å²) in [5.74, 6) is 1.57. The molecule has 0 radical (unpaired) electrons. The first-order valence-corrected chi connectivity index (χ1v) is 9.72. The van der Waals surface area contributed by atoms with Crippen molar-refractivity contribution in [3.8, 4) is 0 Å². The summed E-state index contributed by atoms with van der Waals surface area (Å²) < 4.78 is 0. The zero-order valence-corrected chi connectivity index (χ0v) is 15.8. The van der Waals surface area contributed by atoms with Gasteiger partial charge in [0.05, 0.1) is 17.2 Å². The van der Waals surface area contributed by atoms with Crippen LogP contribution in [0.15, 0.2) is 10.4 Å². The van der Waals surface area contributed by atoms with Gasteiger partial charge < -0.3 is 15.5 Å². The highest BCUT2D eigenvalue weighted by molar-refractivity contribution is 7.09.